The van der Waals surface area contributed by atoms with E-state index in [0.717, 1.165) is 25.1 Å². The third kappa shape index (κ3) is 2.76. The number of amides is 1. The minimum absolute atomic E-state index is 0.159. The first-order chi connectivity index (χ1) is 7.75. The normalized spacial score (nSPS) is 19.7. The molecule has 0 aliphatic carbocycles. The summed E-state index contributed by atoms with van der Waals surface area (Å²) < 4.78 is 5.42. The van der Waals surface area contributed by atoms with Crippen LogP contribution in [-0.4, -0.2) is 35.1 Å². The number of carbonyl (C=O) groups is 1. The lowest BCUT2D eigenvalue weighted by Crippen LogP contribution is -2.32. The summed E-state index contributed by atoms with van der Waals surface area (Å²) in [4.78, 5) is 19.6. The highest BCUT2D eigenvalue weighted by atomic mass is 16.5. The molecule has 1 saturated heterocycles. The molecule has 0 aromatic carbocycles. The van der Waals surface area contributed by atoms with Crippen LogP contribution in [0.2, 0.25) is 0 Å². The largest absolute Gasteiger partial charge is 0.376 e. The molecule has 1 aromatic heterocycles. The number of hydrogen-bond donors (Lipinski definition) is 1. The van der Waals surface area contributed by atoms with E-state index in [0.29, 0.717) is 12.2 Å². The van der Waals surface area contributed by atoms with E-state index < -0.39 is 0 Å². The van der Waals surface area contributed by atoms with Crippen molar-refractivity contribution in [1.82, 2.24) is 15.3 Å². The first-order valence-electron chi connectivity index (χ1n) is 5.44. The fourth-order valence-corrected chi connectivity index (χ4v) is 1.68. The van der Waals surface area contributed by atoms with E-state index in [-0.39, 0.29) is 12.0 Å². The minimum atomic E-state index is -0.166. The van der Waals surface area contributed by atoms with E-state index in [1.165, 1.54) is 6.33 Å². The first kappa shape index (κ1) is 11.0. The van der Waals surface area contributed by atoms with Crippen molar-refractivity contribution in [2.24, 2.45) is 0 Å². The fourth-order valence-electron chi connectivity index (χ4n) is 1.68. The van der Waals surface area contributed by atoms with Gasteiger partial charge in [0.05, 0.1) is 6.10 Å². The van der Waals surface area contributed by atoms with Crippen LogP contribution in [0, 0.1) is 6.92 Å². The summed E-state index contributed by atoms with van der Waals surface area (Å²) in [7, 11) is 0. The van der Waals surface area contributed by atoms with E-state index in [9.17, 15) is 4.79 Å². The van der Waals surface area contributed by atoms with E-state index in [1.54, 1.807) is 6.07 Å². The van der Waals surface area contributed by atoms with Crippen molar-refractivity contribution in [3.8, 4) is 0 Å². The molecule has 1 unspecified atom stereocenters. The Morgan fingerprint density at radius 3 is 3.19 bits per heavy atom. The zero-order valence-corrected chi connectivity index (χ0v) is 9.27. The zero-order valence-electron chi connectivity index (χ0n) is 9.27. The second kappa shape index (κ2) is 5.03. The summed E-state index contributed by atoms with van der Waals surface area (Å²) in [6, 6.07) is 1.67. The van der Waals surface area contributed by atoms with E-state index in [2.05, 4.69) is 15.3 Å². The van der Waals surface area contributed by atoms with E-state index in [1.807, 2.05) is 6.92 Å². The molecule has 2 rings (SSSR count). The Morgan fingerprint density at radius 1 is 1.62 bits per heavy atom. The van der Waals surface area contributed by atoms with Crippen LogP contribution in [0.4, 0.5) is 0 Å². The van der Waals surface area contributed by atoms with Crippen LogP contribution >= 0.6 is 0 Å². The molecule has 16 heavy (non-hydrogen) atoms. The number of hydrogen-bond acceptors (Lipinski definition) is 4. The Balaban J connectivity index is 1.87. The van der Waals surface area contributed by atoms with Crippen molar-refractivity contribution in [2.45, 2.75) is 25.9 Å². The van der Waals surface area contributed by atoms with Crippen LogP contribution in [0.5, 0.6) is 0 Å². The van der Waals surface area contributed by atoms with Crippen molar-refractivity contribution in [3.63, 3.8) is 0 Å². The molecule has 1 N–H and O–H groups in total. The van der Waals surface area contributed by atoms with Crippen molar-refractivity contribution in [2.75, 3.05) is 13.2 Å². The highest BCUT2D eigenvalue weighted by molar-refractivity contribution is 5.92. The summed E-state index contributed by atoms with van der Waals surface area (Å²) in [5.41, 5.74) is 1.20. The maximum absolute atomic E-state index is 11.7. The van der Waals surface area contributed by atoms with Crippen molar-refractivity contribution in [3.05, 3.63) is 23.8 Å². The number of nitrogens with one attached hydrogen (secondary N) is 1. The monoisotopic (exact) mass is 221 g/mol. The Kier molecular flexibility index (Phi) is 3.46. The third-order valence-electron chi connectivity index (χ3n) is 2.55. The van der Waals surface area contributed by atoms with Gasteiger partial charge < -0.3 is 10.1 Å². The quantitative estimate of drug-likeness (QED) is 0.815. The van der Waals surface area contributed by atoms with Gasteiger partial charge in [-0.25, -0.2) is 9.97 Å². The molecular weight excluding hydrogens is 206 g/mol. The number of aromatic nitrogens is 2. The molecule has 1 amide bonds. The van der Waals surface area contributed by atoms with Gasteiger partial charge in [0.15, 0.2) is 0 Å². The van der Waals surface area contributed by atoms with Gasteiger partial charge in [-0.15, -0.1) is 0 Å². The topological polar surface area (TPSA) is 64.1 Å². The van der Waals surface area contributed by atoms with Crippen LogP contribution < -0.4 is 5.32 Å². The fraction of sp³-hybridized carbons (Fsp3) is 0.545. The maximum Gasteiger partial charge on any atom is 0.270 e. The zero-order chi connectivity index (χ0) is 11.4. The average Bonchev–Trinajstić information content (AvgIpc) is 2.78. The Bertz CT molecular complexity index is 375. The lowest BCUT2D eigenvalue weighted by atomic mass is 10.2. The second-order valence-electron chi connectivity index (χ2n) is 3.89. The van der Waals surface area contributed by atoms with Crippen molar-refractivity contribution >= 4 is 5.91 Å². The van der Waals surface area contributed by atoms with Gasteiger partial charge in [0.1, 0.15) is 12.0 Å². The number of ether oxygens (including phenoxy) is 1. The Hall–Kier alpha value is -1.49. The predicted octanol–water partition coefficient (Wildman–Crippen LogP) is 0.694. The van der Waals surface area contributed by atoms with Gasteiger partial charge in [0.25, 0.3) is 5.91 Å². The minimum Gasteiger partial charge on any atom is -0.376 e. The highest BCUT2D eigenvalue weighted by Gasteiger charge is 2.17. The maximum atomic E-state index is 11.7. The summed E-state index contributed by atoms with van der Waals surface area (Å²) >= 11 is 0. The van der Waals surface area contributed by atoms with Crippen molar-refractivity contribution in [1.29, 1.82) is 0 Å². The van der Waals surface area contributed by atoms with Gasteiger partial charge in [-0.05, 0) is 25.8 Å². The lowest BCUT2D eigenvalue weighted by molar-refractivity contribution is 0.0853. The summed E-state index contributed by atoms with van der Waals surface area (Å²) in [5.74, 6) is -0.166. The molecule has 0 bridgehead atoms. The molecule has 0 spiro atoms. The summed E-state index contributed by atoms with van der Waals surface area (Å²) in [6.07, 6.45) is 3.65. The van der Waals surface area contributed by atoms with Crippen LogP contribution in [-0.2, 0) is 4.74 Å². The molecular formula is C11H15N3O2. The van der Waals surface area contributed by atoms with Crippen LogP contribution in [0.15, 0.2) is 12.4 Å². The van der Waals surface area contributed by atoms with Gasteiger partial charge in [0, 0.05) is 18.8 Å². The molecule has 1 aliphatic heterocycles. The number of aryl methyl sites for hydroxylation is 1. The van der Waals surface area contributed by atoms with Crippen LogP contribution in [0.3, 0.4) is 0 Å². The Labute approximate surface area is 94.2 Å². The number of rotatable bonds is 3. The number of carbonyl (C=O) groups excluding carboxylic acids is 1. The van der Waals surface area contributed by atoms with E-state index >= 15 is 0 Å². The molecule has 5 heteroatoms. The smallest absolute Gasteiger partial charge is 0.270 e. The molecule has 1 fully saturated rings. The van der Waals surface area contributed by atoms with Crippen molar-refractivity contribution < 1.29 is 9.53 Å². The summed E-state index contributed by atoms with van der Waals surface area (Å²) in [5, 5.41) is 2.81. The van der Waals surface area contributed by atoms with E-state index in [4.69, 9.17) is 4.74 Å². The lowest BCUT2D eigenvalue weighted by Gasteiger charge is -2.10. The molecule has 1 aliphatic rings. The average molecular weight is 221 g/mol. The third-order valence-corrected chi connectivity index (χ3v) is 2.55. The van der Waals surface area contributed by atoms with Crippen LogP contribution in [0.25, 0.3) is 0 Å². The standard InChI is InChI=1S/C11H15N3O2/c1-8-5-10(14-7-13-8)11(15)12-6-9-3-2-4-16-9/h5,7,9H,2-4,6H2,1H3,(H,12,15). The summed E-state index contributed by atoms with van der Waals surface area (Å²) in [6.45, 7) is 3.19. The van der Waals surface area contributed by atoms with Crippen LogP contribution in [0.1, 0.15) is 29.0 Å². The molecule has 1 aromatic rings. The van der Waals surface area contributed by atoms with Gasteiger partial charge in [0.2, 0.25) is 0 Å². The highest BCUT2D eigenvalue weighted by Crippen LogP contribution is 2.10. The predicted molar refractivity (Wildman–Crippen MR) is 58.1 cm³/mol. The van der Waals surface area contributed by atoms with Gasteiger partial charge in [-0.2, -0.15) is 0 Å². The first-order valence-corrected chi connectivity index (χ1v) is 5.44. The molecule has 0 saturated carbocycles. The van der Waals surface area contributed by atoms with Gasteiger partial charge in [-0.1, -0.05) is 0 Å². The molecule has 1 atom stereocenters. The molecule has 86 valence electrons. The van der Waals surface area contributed by atoms with Gasteiger partial charge >= 0.3 is 0 Å². The SMILES string of the molecule is Cc1cc(C(=O)NCC2CCCO2)ncn1. The molecule has 0 radical (unpaired) electrons. The van der Waals surface area contributed by atoms with Gasteiger partial charge in [-0.3, -0.25) is 4.79 Å². The molecule has 2 heterocycles. The Morgan fingerprint density at radius 2 is 2.50 bits per heavy atom. The number of nitrogens with zero attached hydrogens (tertiary/aromatic N) is 2. The molecule has 5 nitrogen and oxygen atoms in total. The second-order valence-corrected chi connectivity index (χ2v) is 3.89.